The third-order valence-corrected chi connectivity index (χ3v) is 2.36. The summed E-state index contributed by atoms with van der Waals surface area (Å²) in [6.07, 6.45) is 0. The average molecular weight is 221 g/mol. The van der Waals surface area contributed by atoms with E-state index < -0.39 is 0 Å². The number of hydrogen-bond acceptors (Lipinski definition) is 3. The number of rotatable bonds is 4. The van der Waals surface area contributed by atoms with Gasteiger partial charge in [0.05, 0.1) is 12.7 Å². The molecule has 16 heavy (non-hydrogen) atoms. The number of aryl methyl sites for hydroxylation is 1. The molecule has 3 nitrogen and oxygen atoms in total. The fraction of sp³-hybridized carbons (Fsp3) is 0.462. The smallest absolute Gasteiger partial charge is 0.337 e. The molecular weight excluding hydrogens is 202 g/mol. The van der Waals surface area contributed by atoms with Gasteiger partial charge < -0.3 is 10.1 Å². The Hall–Kier alpha value is -1.51. The van der Waals surface area contributed by atoms with Crippen LogP contribution in [-0.2, 0) is 4.74 Å². The van der Waals surface area contributed by atoms with Gasteiger partial charge in [-0.1, -0.05) is 19.9 Å². The van der Waals surface area contributed by atoms with Crippen LogP contribution in [0.3, 0.4) is 0 Å². The summed E-state index contributed by atoms with van der Waals surface area (Å²) in [7, 11) is 1.39. The third-order valence-electron chi connectivity index (χ3n) is 2.36. The van der Waals surface area contributed by atoms with Crippen molar-refractivity contribution >= 4 is 11.7 Å². The van der Waals surface area contributed by atoms with Gasteiger partial charge in [0.15, 0.2) is 0 Å². The molecule has 0 spiro atoms. The van der Waals surface area contributed by atoms with E-state index in [1.165, 1.54) is 7.11 Å². The first kappa shape index (κ1) is 12.6. The predicted octanol–water partition coefficient (Wildman–Crippen LogP) is 2.85. The summed E-state index contributed by atoms with van der Waals surface area (Å²) in [5, 5.41) is 3.32. The number of benzene rings is 1. The zero-order valence-electron chi connectivity index (χ0n) is 10.3. The van der Waals surface area contributed by atoms with Crippen LogP contribution in [0.25, 0.3) is 0 Å². The largest absolute Gasteiger partial charge is 0.465 e. The van der Waals surface area contributed by atoms with Gasteiger partial charge in [-0.3, -0.25) is 0 Å². The number of hydrogen-bond donors (Lipinski definition) is 1. The van der Waals surface area contributed by atoms with Gasteiger partial charge >= 0.3 is 5.97 Å². The molecule has 0 aromatic heterocycles. The summed E-state index contributed by atoms with van der Waals surface area (Å²) in [6.45, 7) is 7.20. The summed E-state index contributed by atoms with van der Waals surface area (Å²) < 4.78 is 4.69. The molecule has 0 aliphatic rings. The van der Waals surface area contributed by atoms with Crippen LogP contribution < -0.4 is 5.32 Å². The lowest BCUT2D eigenvalue weighted by atomic mass is 10.1. The predicted molar refractivity (Wildman–Crippen MR) is 65.8 cm³/mol. The van der Waals surface area contributed by atoms with Crippen LogP contribution in [0, 0.1) is 12.8 Å². The van der Waals surface area contributed by atoms with Crippen molar-refractivity contribution in [3.05, 3.63) is 29.3 Å². The van der Waals surface area contributed by atoms with E-state index in [1.54, 1.807) is 6.07 Å². The van der Waals surface area contributed by atoms with E-state index in [-0.39, 0.29) is 5.97 Å². The Kier molecular flexibility index (Phi) is 4.35. The second kappa shape index (κ2) is 5.54. The van der Waals surface area contributed by atoms with E-state index in [2.05, 4.69) is 19.2 Å². The van der Waals surface area contributed by atoms with Crippen LogP contribution in [0.5, 0.6) is 0 Å². The summed E-state index contributed by atoms with van der Waals surface area (Å²) in [5.41, 5.74) is 2.71. The minimum atomic E-state index is -0.299. The van der Waals surface area contributed by atoms with Crippen molar-refractivity contribution in [2.45, 2.75) is 20.8 Å². The van der Waals surface area contributed by atoms with Crippen LogP contribution in [-0.4, -0.2) is 19.6 Å². The number of methoxy groups -OCH3 is 1. The van der Waals surface area contributed by atoms with E-state index in [0.29, 0.717) is 11.5 Å². The Morgan fingerprint density at radius 1 is 1.44 bits per heavy atom. The molecule has 0 bridgehead atoms. The second-order valence-electron chi connectivity index (χ2n) is 4.30. The minimum Gasteiger partial charge on any atom is -0.465 e. The maximum atomic E-state index is 11.4. The Labute approximate surface area is 96.8 Å². The number of anilines is 1. The number of esters is 1. The highest BCUT2D eigenvalue weighted by atomic mass is 16.5. The molecule has 0 saturated carbocycles. The quantitative estimate of drug-likeness (QED) is 0.794. The van der Waals surface area contributed by atoms with Gasteiger partial charge in [0.25, 0.3) is 0 Å². The van der Waals surface area contributed by atoms with Crippen LogP contribution in [0.15, 0.2) is 18.2 Å². The number of carbonyl (C=O) groups excluding carboxylic acids is 1. The minimum absolute atomic E-state index is 0.299. The van der Waals surface area contributed by atoms with Gasteiger partial charge in [0.2, 0.25) is 0 Å². The number of carbonyl (C=O) groups is 1. The van der Waals surface area contributed by atoms with E-state index in [4.69, 9.17) is 4.74 Å². The summed E-state index contributed by atoms with van der Waals surface area (Å²) in [4.78, 5) is 11.4. The SMILES string of the molecule is COC(=O)c1ccc(C)c(NCC(C)C)c1. The van der Waals surface area contributed by atoms with Crippen LogP contribution >= 0.6 is 0 Å². The summed E-state index contributed by atoms with van der Waals surface area (Å²) in [6, 6.07) is 5.54. The highest BCUT2D eigenvalue weighted by molar-refractivity contribution is 5.90. The van der Waals surface area contributed by atoms with Gasteiger partial charge in [-0.15, -0.1) is 0 Å². The molecule has 1 aromatic carbocycles. The molecule has 3 heteroatoms. The first-order chi connectivity index (χ1) is 7.54. The normalized spacial score (nSPS) is 10.3. The first-order valence-corrected chi connectivity index (χ1v) is 5.47. The standard InChI is InChI=1S/C13H19NO2/c1-9(2)8-14-12-7-11(13(15)16-4)6-5-10(12)3/h5-7,9,14H,8H2,1-4H3. The van der Waals surface area contributed by atoms with Gasteiger partial charge in [0, 0.05) is 12.2 Å². The lowest BCUT2D eigenvalue weighted by Crippen LogP contribution is -2.10. The average Bonchev–Trinajstić information content (AvgIpc) is 2.26. The Morgan fingerprint density at radius 2 is 2.12 bits per heavy atom. The lowest BCUT2D eigenvalue weighted by molar-refractivity contribution is 0.0601. The molecule has 1 N–H and O–H groups in total. The molecule has 1 aromatic rings. The molecule has 1 rings (SSSR count). The molecule has 0 unspecified atom stereocenters. The topological polar surface area (TPSA) is 38.3 Å². The molecule has 0 saturated heterocycles. The van der Waals surface area contributed by atoms with E-state index in [0.717, 1.165) is 17.8 Å². The zero-order valence-corrected chi connectivity index (χ0v) is 10.3. The van der Waals surface area contributed by atoms with Crippen molar-refractivity contribution < 1.29 is 9.53 Å². The molecule has 88 valence electrons. The number of ether oxygens (including phenoxy) is 1. The fourth-order valence-electron chi connectivity index (χ4n) is 1.37. The highest BCUT2D eigenvalue weighted by Gasteiger charge is 2.07. The van der Waals surface area contributed by atoms with Gasteiger partial charge in [-0.05, 0) is 30.5 Å². The molecule has 0 amide bonds. The van der Waals surface area contributed by atoms with Crippen LogP contribution in [0.4, 0.5) is 5.69 Å². The third kappa shape index (κ3) is 3.26. The van der Waals surface area contributed by atoms with Gasteiger partial charge in [-0.2, -0.15) is 0 Å². The van der Waals surface area contributed by atoms with Gasteiger partial charge in [-0.25, -0.2) is 4.79 Å². The maximum absolute atomic E-state index is 11.4. The summed E-state index contributed by atoms with van der Waals surface area (Å²) >= 11 is 0. The van der Waals surface area contributed by atoms with E-state index >= 15 is 0 Å². The molecule has 0 heterocycles. The van der Waals surface area contributed by atoms with Gasteiger partial charge in [0.1, 0.15) is 0 Å². The van der Waals surface area contributed by atoms with Crippen LogP contribution in [0.1, 0.15) is 29.8 Å². The van der Waals surface area contributed by atoms with E-state index in [1.807, 2.05) is 19.1 Å². The molecule has 0 atom stereocenters. The Bertz CT molecular complexity index is 372. The first-order valence-electron chi connectivity index (χ1n) is 5.47. The Morgan fingerprint density at radius 3 is 2.69 bits per heavy atom. The van der Waals surface area contributed by atoms with E-state index in [9.17, 15) is 4.79 Å². The van der Waals surface area contributed by atoms with Crippen molar-refractivity contribution in [3.63, 3.8) is 0 Å². The highest BCUT2D eigenvalue weighted by Crippen LogP contribution is 2.17. The molecule has 0 fully saturated rings. The van der Waals surface area contributed by atoms with Crippen molar-refractivity contribution in [1.29, 1.82) is 0 Å². The monoisotopic (exact) mass is 221 g/mol. The second-order valence-corrected chi connectivity index (χ2v) is 4.30. The summed E-state index contributed by atoms with van der Waals surface area (Å²) in [5.74, 6) is 0.272. The number of nitrogens with one attached hydrogen (secondary N) is 1. The van der Waals surface area contributed by atoms with Crippen LogP contribution in [0.2, 0.25) is 0 Å². The molecule has 0 radical (unpaired) electrons. The Balaban J connectivity index is 2.86. The molecular formula is C13H19NO2. The van der Waals surface area contributed by atoms with Crippen molar-refractivity contribution in [2.75, 3.05) is 19.0 Å². The van der Waals surface area contributed by atoms with Crippen molar-refractivity contribution in [1.82, 2.24) is 0 Å². The fourth-order valence-corrected chi connectivity index (χ4v) is 1.37. The van der Waals surface area contributed by atoms with Crippen molar-refractivity contribution in [3.8, 4) is 0 Å². The maximum Gasteiger partial charge on any atom is 0.337 e. The lowest BCUT2D eigenvalue weighted by Gasteiger charge is -2.12. The van der Waals surface area contributed by atoms with Crippen molar-refractivity contribution in [2.24, 2.45) is 5.92 Å². The molecule has 0 aliphatic heterocycles. The zero-order chi connectivity index (χ0) is 12.1. The molecule has 0 aliphatic carbocycles.